The minimum Gasteiger partial charge on any atom is -0.493 e. The van der Waals surface area contributed by atoms with Crippen molar-refractivity contribution >= 4 is 5.65 Å². The second kappa shape index (κ2) is 5.28. The molecule has 7 heteroatoms. The molecule has 1 saturated carbocycles. The van der Waals surface area contributed by atoms with Crippen molar-refractivity contribution in [2.75, 3.05) is 13.7 Å². The van der Waals surface area contributed by atoms with E-state index in [4.69, 9.17) is 10.00 Å². The van der Waals surface area contributed by atoms with Crippen LogP contribution in [-0.4, -0.2) is 38.4 Å². The first-order chi connectivity index (χ1) is 11.7. The minimum atomic E-state index is -0.332. The number of aliphatic hydroxyl groups excluding tert-OH is 1. The molecule has 120 valence electrons. The molecule has 0 saturated heterocycles. The number of nitrogens with zero attached hydrogens (tertiary/aromatic N) is 5. The van der Waals surface area contributed by atoms with Gasteiger partial charge in [-0.15, -0.1) is 5.10 Å². The molecule has 0 aromatic carbocycles. The third-order valence-corrected chi connectivity index (χ3v) is 4.46. The van der Waals surface area contributed by atoms with Gasteiger partial charge in [0.05, 0.1) is 30.4 Å². The summed E-state index contributed by atoms with van der Waals surface area (Å²) in [4.78, 5) is 8.71. The highest BCUT2D eigenvalue weighted by Crippen LogP contribution is 2.46. The average molecular weight is 321 g/mol. The van der Waals surface area contributed by atoms with Crippen molar-refractivity contribution in [2.24, 2.45) is 0 Å². The molecule has 0 atom stereocenters. The summed E-state index contributed by atoms with van der Waals surface area (Å²) in [5.41, 5.74) is 2.27. The van der Waals surface area contributed by atoms with E-state index in [9.17, 15) is 5.11 Å². The van der Waals surface area contributed by atoms with Crippen LogP contribution in [0.4, 0.5) is 0 Å². The van der Waals surface area contributed by atoms with E-state index >= 15 is 0 Å². The van der Waals surface area contributed by atoms with Crippen molar-refractivity contribution < 1.29 is 9.84 Å². The molecule has 7 nitrogen and oxygen atoms in total. The summed E-state index contributed by atoms with van der Waals surface area (Å²) in [6.45, 7) is 0.0347. The molecule has 0 spiro atoms. The predicted octanol–water partition coefficient (Wildman–Crippen LogP) is 1.70. The number of methoxy groups -OCH3 is 1. The number of pyridine rings is 2. The monoisotopic (exact) mass is 321 g/mol. The molecule has 1 fully saturated rings. The summed E-state index contributed by atoms with van der Waals surface area (Å²) in [6.07, 6.45) is 4.96. The third-order valence-electron chi connectivity index (χ3n) is 4.46. The maximum Gasteiger partial charge on any atom is 0.198 e. The summed E-state index contributed by atoms with van der Waals surface area (Å²) < 4.78 is 7.09. The largest absolute Gasteiger partial charge is 0.493 e. The number of aliphatic hydroxyl groups is 1. The molecule has 24 heavy (non-hydrogen) atoms. The van der Waals surface area contributed by atoms with Crippen LogP contribution in [0.5, 0.6) is 5.75 Å². The van der Waals surface area contributed by atoms with Crippen molar-refractivity contribution in [1.82, 2.24) is 19.6 Å². The lowest BCUT2D eigenvalue weighted by Crippen LogP contribution is -2.14. The molecular weight excluding hydrogens is 306 g/mol. The van der Waals surface area contributed by atoms with E-state index in [2.05, 4.69) is 21.1 Å². The Morgan fingerprint density at radius 2 is 2.21 bits per heavy atom. The van der Waals surface area contributed by atoms with E-state index < -0.39 is 0 Å². The molecule has 4 rings (SSSR count). The molecule has 0 radical (unpaired) electrons. The van der Waals surface area contributed by atoms with Gasteiger partial charge in [-0.05, 0) is 31.0 Å². The lowest BCUT2D eigenvalue weighted by Gasteiger charge is -2.07. The van der Waals surface area contributed by atoms with E-state index in [0.29, 0.717) is 22.8 Å². The van der Waals surface area contributed by atoms with E-state index in [1.165, 1.54) is 6.20 Å². The Morgan fingerprint density at radius 1 is 1.38 bits per heavy atom. The van der Waals surface area contributed by atoms with Crippen LogP contribution in [0.1, 0.15) is 24.2 Å². The lowest BCUT2D eigenvalue weighted by atomic mass is 10.1. The van der Waals surface area contributed by atoms with Gasteiger partial charge in [-0.3, -0.25) is 4.98 Å². The topological polar surface area (TPSA) is 96.3 Å². The maximum absolute atomic E-state index is 9.65. The molecule has 1 N–H and O–H groups in total. The van der Waals surface area contributed by atoms with Crippen LogP contribution in [0, 0.1) is 11.3 Å². The van der Waals surface area contributed by atoms with Gasteiger partial charge in [0.15, 0.2) is 17.2 Å². The Kier molecular flexibility index (Phi) is 3.22. The van der Waals surface area contributed by atoms with Crippen molar-refractivity contribution in [1.29, 1.82) is 5.26 Å². The SMILES string of the molecule is COc1ccc(-c2cncc(C#N)c2)n2nc(C3(CO)CC3)nc12. The minimum absolute atomic E-state index is 0.0347. The first-order valence-corrected chi connectivity index (χ1v) is 7.61. The van der Waals surface area contributed by atoms with Crippen LogP contribution in [-0.2, 0) is 5.41 Å². The van der Waals surface area contributed by atoms with Gasteiger partial charge in [0.2, 0.25) is 0 Å². The van der Waals surface area contributed by atoms with Gasteiger partial charge in [-0.1, -0.05) is 0 Å². The van der Waals surface area contributed by atoms with Gasteiger partial charge in [-0.25, -0.2) is 9.50 Å². The molecule has 1 aliphatic rings. The highest BCUT2D eigenvalue weighted by Gasteiger charge is 2.47. The quantitative estimate of drug-likeness (QED) is 0.785. The van der Waals surface area contributed by atoms with Crippen LogP contribution >= 0.6 is 0 Å². The van der Waals surface area contributed by atoms with Gasteiger partial charge < -0.3 is 9.84 Å². The van der Waals surface area contributed by atoms with E-state index in [1.54, 1.807) is 23.9 Å². The van der Waals surface area contributed by atoms with Crippen LogP contribution in [0.3, 0.4) is 0 Å². The lowest BCUT2D eigenvalue weighted by molar-refractivity contribution is 0.250. The molecular formula is C17H15N5O2. The number of fused-ring (bicyclic) bond motifs is 1. The van der Waals surface area contributed by atoms with Crippen molar-refractivity contribution in [3.8, 4) is 23.1 Å². The van der Waals surface area contributed by atoms with Crippen molar-refractivity contribution in [3.63, 3.8) is 0 Å². The van der Waals surface area contributed by atoms with E-state index in [1.807, 2.05) is 12.1 Å². The molecule has 1 aliphatic carbocycles. The summed E-state index contributed by atoms with van der Waals surface area (Å²) >= 11 is 0. The molecule has 0 bridgehead atoms. The van der Waals surface area contributed by atoms with Gasteiger partial charge in [-0.2, -0.15) is 5.26 Å². The highest BCUT2D eigenvalue weighted by atomic mass is 16.5. The summed E-state index contributed by atoms with van der Waals surface area (Å²) in [7, 11) is 1.58. The van der Waals surface area contributed by atoms with Crippen LogP contribution in [0.15, 0.2) is 30.6 Å². The number of hydrogen-bond donors (Lipinski definition) is 1. The molecule has 3 heterocycles. The Bertz CT molecular complexity index is 969. The van der Waals surface area contributed by atoms with Gasteiger partial charge >= 0.3 is 0 Å². The van der Waals surface area contributed by atoms with Gasteiger partial charge in [0.1, 0.15) is 6.07 Å². The summed E-state index contributed by atoms with van der Waals surface area (Å²) in [5.74, 6) is 1.23. The number of hydrogen-bond acceptors (Lipinski definition) is 6. The summed E-state index contributed by atoms with van der Waals surface area (Å²) in [5, 5.41) is 23.3. The fourth-order valence-electron chi connectivity index (χ4n) is 2.79. The van der Waals surface area contributed by atoms with E-state index in [0.717, 1.165) is 24.1 Å². The number of rotatable bonds is 4. The Balaban J connectivity index is 1.95. The zero-order chi connectivity index (χ0) is 16.7. The molecule has 0 aliphatic heterocycles. The Hall–Kier alpha value is -2.98. The number of ether oxygens (including phenoxy) is 1. The zero-order valence-electron chi connectivity index (χ0n) is 13.1. The van der Waals surface area contributed by atoms with E-state index in [-0.39, 0.29) is 12.0 Å². The smallest absolute Gasteiger partial charge is 0.198 e. The fourth-order valence-corrected chi connectivity index (χ4v) is 2.79. The normalized spacial score (nSPS) is 15.2. The molecule has 0 unspecified atom stereocenters. The third kappa shape index (κ3) is 2.12. The first-order valence-electron chi connectivity index (χ1n) is 7.61. The second-order valence-electron chi connectivity index (χ2n) is 5.97. The standard InChI is InChI=1S/C17H15N5O2/c1-24-14-3-2-13(12-6-11(7-18)8-19-9-12)22-15(14)20-16(21-22)17(10-23)4-5-17/h2-3,6,8-9,23H,4-5,10H2,1H3. The Labute approximate surface area is 138 Å². The number of nitriles is 1. The highest BCUT2D eigenvalue weighted by molar-refractivity contribution is 5.67. The predicted molar refractivity (Wildman–Crippen MR) is 85.5 cm³/mol. The second-order valence-corrected chi connectivity index (χ2v) is 5.97. The molecule has 0 amide bonds. The zero-order valence-corrected chi connectivity index (χ0v) is 13.1. The van der Waals surface area contributed by atoms with Gasteiger partial charge in [0.25, 0.3) is 0 Å². The average Bonchev–Trinajstić information content (AvgIpc) is 3.31. The van der Waals surface area contributed by atoms with Crippen molar-refractivity contribution in [2.45, 2.75) is 18.3 Å². The van der Waals surface area contributed by atoms with Crippen LogP contribution < -0.4 is 4.74 Å². The van der Waals surface area contributed by atoms with Crippen LogP contribution in [0.25, 0.3) is 16.9 Å². The maximum atomic E-state index is 9.65. The number of aromatic nitrogens is 4. The molecule has 3 aromatic heterocycles. The fraction of sp³-hybridized carbons (Fsp3) is 0.294. The Morgan fingerprint density at radius 3 is 2.88 bits per heavy atom. The van der Waals surface area contributed by atoms with Crippen LogP contribution in [0.2, 0.25) is 0 Å². The van der Waals surface area contributed by atoms with Gasteiger partial charge in [0, 0.05) is 18.0 Å². The van der Waals surface area contributed by atoms with Crippen molar-refractivity contribution in [3.05, 3.63) is 42.0 Å². The first kappa shape index (κ1) is 14.6. The molecule has 3 aromatic rings. The summed E-state index contributed by atoms with van der Waals surface area (Å²) in [6, 6.07) is 7.53.